The molecule has 1 aromatic rings. The molecular weight excluding hydrogens is 178 g/mol. The van der Waals surface area contributed by atoms with Gasteiger partial charge in [0.05, 0.1) is 5.54 Å². The lowest BCUT2D eigenvalue weighted by molar-refractivity contribution is -0.121. The minimum atomic E-state index is -0.858. The van der Waals surface area contributed by atoms with Crippen LogP contribution < -0.4 is 11.2 Å². The van der Waals surface area contributed by atoms with E-state index in [9.17, 15) is 4.79 Å². The average Bonchev–Trinajstić information content (AvgIpc) is 2.34. The second-order valence-corrected chi connectivity index (χ2v) is 4.11. The maximum absolute atomic E-state index is 11.6. The molecule has 1 amide bonds. The van der Waals surface area contributed by atoms with E-state index in [2.05, 4.69) is 5.43 Å². The number of nitrogens with zero attached hydrogens (tertiary/aromatic N) is 1. The molecule has 0 aliphatic rings. The largest absolute Gasteiger partial charge is 0.318 e. The van der Waals surface area contributed by atoms with Crippen molar-refractivity contribution >= 4 is 5.91 Å². The molecule has 78 valence electrons. The third-order valence-corrected chi connectivity index (χ3v) is 2.07. The fraction of sp³-hybridized carbons (Fsp3) is 0.500. The summed E-state index contributed by atoms with van der Waals surface area (Å²) in [6, 6.07) is 3.89. The molecule has 3 N–H and O–H groups in total. The van der Waals surface area contributed by atoms with Crippen LogP contribution in [0.2, 0.25) is 0 Å². The van der Waals surface area contributed by atoms with Gasteiger partial charge in [-0.05, 0) is 39.8 Å². The van der Waals surface area contributed by atoms with Crippen LogP contribution in [0.15, 0.2) is 12.1 Å². The fourth-order valence-electron chi connectivity index (χ4n) is 1.09. The number of amides is 1. The Kier molecular flexibility index (Phi) is 2.66. The zero-order chi connectivity index (χ0) is 10.9. The van der Waals surface area contributed by atoms with Crippen LogP contribution in [0.5, 0.6) is 0 Å². The Bertz CT molecular complexity index is 327. The molecule has 0 unspecified atom stereocenters. The van der Waals surface area contributed by atoms with Gasteiger partial charge >= 0.3 is 0 Å². The second-order valence-electron chi connectivity index (χ2n) is 4.11. The van der Waals surface area contributed by atoms with E-state index in [1.165, 1.54) is 0 Å². The predicted molar refractivity (Wildman–Crippen MR) is 56.5 cm³/mol. The Labute approximate surface area is 84.1 Å². The first kappa shape index (κ1) is 10.8. The van der Waals surface area contributed by atoms with Crippen LogP contribution >= 0.6 is 0 Å². The zero-order valence-electron chi connectivity index (χ0n) is 9.09. The van der Waals surface area contributed by atoms with Gasteiger partial charge in [0.1, 0.15) is 0 Å². The molecule has 0 saturated carbocycles. The maximum Gasteiger partial charge on any atom is 0.258 e. The molecule has 0 radical (unpaired) electrons. The summed E-state index contributed by atoms with van der Waals surface area (Å²) in [6.45, 7) is 7.21. The third kappa shape index (κ3) is 2.14. The molecule has 1 heterocycles. The van der Waals surface area contributed by atoms with E-state index >= 15 is 0 Å². The van der Waals surface area contributed by atoms with Crippen molar-refractivity contribution in [3.05, 3.63) is 23.5 Å². The Hall–Kier alpha value is -1.29. The van der Waals surface area contributed by atoms with Gasteiger partial charge in [-0.1, -0.05) is 0 Å². The molecule has 4 nitrogen and oxygen atoms in total. The maximum atomic E-state index is 11.6. The van der Waals surface area contributed by atoms with E-state index in [1.807, 2.05) is 26.0 Å². The quantitative estimate of drug-likeness (QED) is 0.737. The van der Waals surface area contributed by atoms with Gasteiger partial charge in [0.2, 0.25) is 0 Å². The Morgan fingerprint density at radius 1 is 1.36 bits per heavy atom. The Morgan fingerprint density at radius 3 is 2.14 bits per heavy atom. The molecule has 0 aliphatic heterocycles. The zero-order valence-corrected chi connectivity index (χ0v) is 9.09. The van der Waals surface area contributed by atoms with E-state index in [1.54, 1.807) is 18.5 Å². The summed E-state index contributed by atoms with van der Waals surface area (Å²) >= 11 is 0. The fourth-order valence-corrected chi connectivity index (χ4v) is 1.09. The van der Waals surface area contributed by atoms with Crippen molar-refractivity contribution in [2.75, 3.05) is 5.43 Å². The van der Waals surface area contributed by atoms with Gasteiger partial charge in [0.25, 0.3) is 5.91 Å². The van der Waals surface area contributed by atoms with Crippen LogP contribution in [0, 0.1) is 13.8 Å². The molecule has 1 aromatic heterocycles. The van der Waals surface area contributed by atoms with Crippen molar-refractivity contribution in [2.45, 2.75) is 33.2 Å². The molecule has 1 rings (SSSR count). The number of nitrogens with one attached hydrogen (secondary N) is 1. The van der Waals surface area contributed by atoms with Gasteiger partial charge in [-0.15, -0.1) is 0 Å². The van der Waals surface area contributed by atoms with Gasteiger partial charge in [0.15, 0.2) is 0 Å². The summed E-state index contributed by atoms with van der Waals surface area (Å²) < 4.78 is 1.73. The van der Waals surface area contributed by atoms with Gasteiger partial charge in [-0.25, -0.2) is 0 Å². The highest BCUT2D eigenvalue weighted by atomic mass is 16.2. The number of nitrogens with two attached hydrogens (primary N) is 1. The molecule has 0 aromatic carbocycles. The van der Waals surface area contributed by atoms with E-state index < -0.39 is 5.54 Å². The number of hydrogen-bond acceptors (Lipinski definition) is 2. The summed E-state index contributed by atoms with van der Waals surface area (Å²) in [4.78, 5) is 11.6. The average molecular weight is 195 g/mol. The minimum Gasteiger partial charge on any atom is -0.318 e. The van der Waals surface area contributed by atoms with Crippen molar-refractivity contribution < 1.29 is 4.79 Å². The summed E-state index contributed by atoms with van der Waals surface area (Å²) in [7, 11) is 0. The highest BCUT2D eigenvalue weighted by molar-refractivity contribution is 5.91. The summed E-state index contributed by atoms with van der Waals surface area (Å²) in [5.74, 6) is -0.195. The number of carbonyl (C=O) groups is 1. The number of aromatic nitrogens is 1. The summed E-state index contributed by atoms with van der Waals surface area (Å²) in [5, 5.41) is 0. The monoisotopic (exact) mass is 195 g/mol. The SMILES string of the molecule is Cc1ccc(C)n1NC(=O)C(C)(C)N. The third-order valence-electron chi connectivity index (χ3n) is 2.07. The number of carbonyl (C=O) groups excluding carboxylic acids is 1. The molecule has 4 heteroatoms. The van der Waals surface area contributed by atoms with Crippen molar-refractivity contribution in [3.8, 4) is 0 Å². The van der Waals surface area contributed by atoms with Crippen LogP contribution in [-0.2, 0) is 4.79 Å². The van der Waals surface area contributed by atoms with Gasteiger partial charge < -0.3 is 5.73 Å². The molecule has 0 atom stereocenters. The highest BCUT2D eigenvalue weighted by Crippen LogP contribution is 2.06. The smallest absolute Gasteiger partial charge is 0.258 e. The van der Waals surface area contributed by atoms with Crippen LogP contribution in [0.4, 0.5) is 0 Å². The van der Waals surface area contributed by atoms with Crippen LogP contribution in [0.1, 0.15) is 25.2 Å². The van der Waals surface area contributed by atoms with Gasteiger partial charge in [-0.2, -0.15) is 0 Å². The summed E-state index contributed by atoms with van der Waals surface area (Å²) in [6.07, 6.45) is 0. The lowest BCUT2D eigenvalue weighted by Gasteiger charge is -2.20. The first-order valence-corrected chi connectivity index (χ1v) is 4.57. The van der Waals surface area contributed by atoms with Crippen molar-refractivity contribution in [2.24, 2.45) is 5.73 Å². The molecule has 0 fully saturated rings. The van der Waals surface area contributed by atoms with Crippen molar-refractivity contribution in [1.29, 1.82) is 0 Å². The number of aryl methyl sites for hydroxylation is 2. The van der Waals surface area contributed by atoms with E-state index in [0.717, 1.165) is 11.4 Å². The number of rotatable bonds is 2. The lowest BCUT2D eigenvalue weighted by Crippen LogP contribution is -2.48. The van der Waals surface area contributed by atoms with E-state index in [0.29, 0.717) is 0 Å². The molecule has 0 aliphatic carbocycles. The number of hydrogen-bond donors (Lipinski definition) is 2. The molecular formula is C10H17N3O. The first-order valence-electron chi connectivity index (χ1n) is 4.57. The minimum absolute atomic E-state index is 0.195. The molecule has 0 saturated heterocycles. The van der Waals surface area contributed by atoms with Gasteiger partial charge in [-0.3, -0.25) is 14.9 Å². The Balaban J connectivity index is 2.85. The molecule has 0 bridgehead atoms. The topological polar surface area (TPSA) is 60.0 Å². The van der Waals surface area contributed by atoms with Crippen LogP contribution in [-0.4, -0.2) is 16.1 Å². The first-order chi connectivity index (χ1) is 6.32. The molecule has 14 heavy (non-hydrogen) atoms. The van der Waals surface area contributed by atoms with Gasteiger partial charge in [0, 0.05) is 11.4 Å². The van der Waals surface area contributed by atoms with Crippen molar-refractivity contribution in [3.63, 3.8) is 0 Å². The van der Waals surface area contributed by atoms with Crippen LogP contribution in [0.3, 0.4) is 0 Å². The second kappa shape index (κ2) is 3.46. The Morgan fingerprint density at radius 2 is 1.79 bits per heavy atom. The van der Waals surface area contributed by atoms with Crippen LogP contribution in [0.25, 0.3) is 0 Å². The van der Waals surface area contributed by atoms with E-state index in [-0.39, 0.29) is 5.91 Å². The van der Waals surface area contributed by atoms with Crippen molar-refractivity contribution in [1.82, 2.24) is 4.68 Å². The standard InChI is InChI=1S/C10H17N3O/c1-7-5-6-8(2)13(7)12-9(14)10(3,4)11/h5-6H,11H2,1-4H3,(H,12,14). The normalized spacial score (nSPS) is 11.5. The van der Waals surface area contributed by atoms with E-state index in [4.69, 9.17) is 5.73 Å². The lowest BCUT2D eigenvalue weighted by atomic mass is 10.1. The predicted octanol–water partition coefficient (Wildman–Crippen LogP) is 0.912. The molecule has 0 spiro atoms. The highest BCUT2D eigenvalue weighted by Gasteiger charge is 2.22. The summed E-state index contributed by atoms with van der Waals surface area (Å²) in [5.41, 5.74) is 9.54.